The summed E-state index contributed by atoms with van der Waals surface area (Å²) in [7, 11) is 0. The first-order valence-corrected chi connectivity index (χ1v) is 8.09. The molecule has 2 heteroatoms. The summed E-state index contributed by atoms with van der Waals surface area (Å²) in [6.45, 7) is 7.65. The molecule has 1 aliphatic carbocycles. The van der Waals surface area contributed by atoms with Crippen LogP contribution in [0.25, 0.3) is 11.0 Å². The number of hydrogen-bond acceptors (Lipinski definition) is 1. The maximum Gasteiger partial charge on any atom is 0.106 e. The normalized spacial score (nSPS) is 16.9. The molecule has 1 fully saturated rings. The van der Waals surface area contributed by atoms with Crippen LogP contribution in [0.15, 0.2) is 12.1 Å². The number of aromatic nitrogens is 2. The van der Waals surface area contributed by atoms with Gasteiger partial charge in [0.05, 0.1) is 11.0 Å². The third-order valence-electron chi connectivity index (χ3n) is 5.04. The summed E-state index contributed by atoms with van der Waals surface area (Å²) in [5.74, 6) is 2.10. The molecule has 1 saturated carbocycles. The van der Waals surface area contributed by atoms with Gasteiger partial charge in [-0.05, 0) is 56.4 Å². The van der Waals surface area contributed by atoms with E-state index in [4.69, 9.17) is 4.98 Å². The molecule has 0 atom stereocenters. The van der Waals surface area contributed by atoms with Crippen molar-refractivity contribution in [2.75, 3.05) is 0 Å². The summed E-state index contributed by atoms with van der Waals surface area (Å²) in [4.78, 5) is 4.74. The van der Waals surface area contributed by atoms with Crippen molar-refractivity contribution in [1.29, 1.82) is 0 Å². The fraction of sp³-hybridized carbons (Fsp3) is 0.611. The van der Waals surface area contributed by atoms with Crippen LogP contribution in [-0.4, -0.2) is 9.55 Å². The molecular formula is C18H26N2. The lowest BCUT2D eigenvalue weighted by molar-refractivity contribution is 0.324. The summed E-state index contributed by atoms with van der Waals surface area (Å²) in [6.07, 6.45) is 8.51. The van der Waals surface area contributed by atoms with Crippen molar-refractivity contribution in [3.8, 4) is 0 Å². The molecule has 0 saturated heterocycles. The molecule has 2 aromatic rings. The molecule has 1 aromatic heterocycles. The van der Waals surface area contributed by atoms with Crippen LogP contribution in [-0.2, 0) is 6.54 Å². The van der Waals surface area contributed by atoms with Crippen molar-refractivity contribution in [3.63, 3.8) is 0 Å². The van der Waals surface area contributed by atoms with E-state index in [2.05, 4.69) is 37.5 Å². The number of imidazole rings is 1. The fourth-order valence-electron chi connectivity index (χ4n) is 3.57. The first kappa shape index (κ1) is 13.7. The van der Waals surface area contributed by atoms with Crippen molar-refractivity contribution in [3.05, 3.63) is 29.1 Å². The first-order valence-electron chi connectivity index (χ1n) is 8.09. The maximum atomic E-state index is 4.74. The number of rotatable bonds is 3. The Morgan fingerprint density at radius 1 is 1.05 bits per heavy atom. The van der Waals surface area contributed by atoms with E-state index in [0.717, 1.165) is 18.0 Å². The zero-order valence-electron chi connectivity index (χ0n) is 13.1. The van der Waals surface area contributed by atoms with E-state index in [1.165, 1.54) is 61.0 Å². The SMILES string of the molecule is Cc1cc2nc(C)n(CCC3CCCCC3)c2cc1C. The van der Waals surface area contributed by atoms with Crippen molar-refractivity contribution < 1.29 is 0 Å². The topological polar surface area (TPSA) is 17.8 Å². The van der Waals surface area contributed by atoms with E-state index in [1.54, 1.807) is 0 Å². The van der Waals surface area contributed by atoms with Gasteiger partial charge in [0, 0.05) is 6.54 Å². The summed E-state index contributed by atoms with van der Waals surface area (Å²) < 4.78 is 2.43. The minimum atomic E-state index is 0.937. The first-order chi connectivity index (χ1) is 9.65. The highest BCUT2D eigenvalue weighted by Crippen LogP contribution is 2.28. The van der Waals surface area contributed by atoms with Crippen LogP contribution in [0, 0.1) is 26.7 Å². The van der Waals surface area contributed by atoms with Crippen LogP contribution >= 0.6 is 0 Å². The quantitative estimate of drug-likeness (QED) is 0.773. The van der Waals surface area contributed by atoms with Crippen LogP contribution in [0.5, 0.6) is 0 Å². The number of fused-ring (bicyclic) bond motifs is 1. The second-order valence-corrected chi connectivity index (χ2v) is 6.53. The predicted octanol–water partition coefficient (Wildman–Crippen LogP) is 4.93. The number of hydrogen-bond donors (Lipinski definition) is 0. The van der Waals surface area contributed by atoms with Gasteiger partial charge in [0.15, 0.2) is 0 Å². The highest BCUT2D eigenvalue weighted by molar-refractivity contribution is 5.78. The Morgan fingerprint density at radius 3 is 2.50 bits per heavy atom. The lowest BCUT2D eigenvalue weighted by atomic mass is 9.87. The Bertz CT molecular complexity index is 603. The molecule has 0 radical (unpaired) electrons. The average molecular weight is 270 g/mol. The Morgan fingerprint density at radius 2 is 1.75 bits per heavy atom. The number of benzene rings is 1. The minimum absolute atomic E-state index is 0.937. The molecule has 108 valence electrons. The van der Waals surface area contributed by atoms with Crippen molar-refractivity contribution in [2.24, 2.45) is 5.92 Å². The van der Waals surface area contributed by atoms with Crippen LogP contribution in [0.2, 0.25) is 0 Å². The third-order valence-corrected chi connectivity index (χ3v) is 5.04. The molecule has 3 rings (SSSR count). The van der Waals surface area contributed by atoms with E-state index in [1.807, 2.05) is 0 Å². The maximum absolute atomic E-state index is 4.74. The zero-order valence-corrected chi connectivity index (χ0v) is 13.1. The fourth-order valence-corrected chi connectivity index (χ4v) is 3.57. The van der Waals surface area contributed by atoms with Gasteiger partial charge in [0.25, 0.3) is 0 Å². The lowest BCUT2D eigenvalue weighted by Gasteiger charge is -2.22. The number of nitrogens with zero attached hydrogens (tertiary/aromatic N) is 2. The standard InChI is InChI=1S/C18H26N2/c1-13-11-17-18(12-14(13)2)20(15(3)19-17)10-9-16-7-5-4-6-8-16/h11-12,16H,4-10H2,1-3H3. The van der Waals surface area contributed by atoms with Gasteiger partial charge in [-0.2, -0.15) is 0 Å². The van der Waals surface area contributed by atoms with Crippen molar-refractivity contribution in [1.82, 2.24) is 9.55 Å². The van der Waals surface area contributed by atoms with Gasteiger partial charge < -0.3 is 4.57 Å². The van der Waals surface area contributed by atoms with Crippen LogP contribution in [0.1, 0.15) is 55.5 Å². The van der Waals surface area contributed by atoms with Gasteiger partial charge in [0.1, 0.15) is 5.82 Å². The molecule has 0 amide bonds. The highest BCUT2D eigenvalue weighted by Gasteiger charge is 2.15. The van der Waals surface area contributed by atoms with E-state index >= 15 is 0 Å². The molecule has 0 unspecified atom stereocenters. The third kappa shape index (κ3) is 2.61. The molecule has 1 aliphatic rings. The van der Waals surface area contributed by atoms with Gasteiger partial charge in [-0.25, -0.2) is 4.98 Å². The molecule has 1 aromatic carbocycles. The molecule has 20 heavy (non-hydrogen) atoms. The summed E-state index contributed by atoms with van der Waals surface area (Å²) in [5, 5.41) is 0. The second kappa shape index (κ2) is 5.59. The van der Waals surface area contributed by atoms with Crippen LogP contribution in [0.4, 0.5) is 0 Å². The average Bonchev–Trinajstić information content (AvgIpc) is 2.73. The van der Waals surface area contributed by atoms with Gasteiger partial charge in [-0.15, -0.1) is 0 Å². The van der Waals surface area contributed by atoms with Gasteiger partial charge in [0.2, 0.25) is 0 Å². The van der Waals surface area contributed by atoms with Gasteiger partial charge in [-0.3, -0.25) is 0 Å². The highest BCUT2D eigenvalue weighted by atomic mass is 15.1. The summed E-state index contributed by atoms with van der Waals surface area (Å²) >= 11 is 0. The minimum Gasteiger partial charge on any atom is -0.328 e. The van der Waals surface area contributed by atoms with Crippen molar-refractivity contribution >= 4 is 11.0 Å². The molecule has 0 aliphatic heterocycles. The van der Waals surface area contributed by atoms with E-state index in [-0.39, 0.29) is 0 Å². The lowest BCUT2D eigenvalue weighted by Crippen LogP contribution is -2.11. The number of aryl methyl sites for hydroxylation is 4. The summed E-state index contributed by atoms with van der Waals surface area (Å²) in [6, 6.07) is 4.54. The molecule has 0 N–H and O–H groups in total. The van der Waals surface area contributed by atoms with E-state index in [9.17, 15) is 0 Å². The molecule has 1 heterocycles. The van der Waals surface area contributed by atoms with E-state index < -0.39 is 0 Å². The molecule has 0 bridgehead atoms. The van der Waals surface area contributed by atoms with Crippen molar-refractivity contribution in [2.45, 2.75) is 65.8 Å². The second-order valence-electron chi connectivity index (χ2n) is 6.53. The molecule has 2 nitrogen and oxygen atoms in total. The zero-order chi connectivity index (χ0) is 14.1. The van der Waals surface area contributed by atoms with Gasteiger partial charge >= 0.3 is 0 Å². The predicted molar refractivity (Wildman–Crippen MR) is 85.1 cm³/mol. The Balaban J connectivity index is 1.83. The summed E-state index contributed by atoms with van der Waals surface area (Å²) in [5.41, 5.74) is 5.20. The largest absolute Gasteiger partial charge is 0.328 e. The Hall–Kier alpha value is -1.31. The van der Waals surface area contributed by atoms with Gasteiger partial charge in [-0.1, -0.05) is 32.1 Å². The van der Waals surface area contributed by atoms with E-state index in [0.29, 0.717) is 0 Å². The Kier molecular flexibility index (Phi) is 3.82. The monoisotopic (exact) mass is 270 g/mol. The van der Waals surface area contributed by atoms with Crippen LogP contribution in [0.3, 0.4) is 0 Å². The smallest absolute Gasteiger partial charge is 0.106 e. The molecule has 0 spiro atoms. The van der Waals surface area contributed by atoms with Crippen LogP contribution < -0.4 is 0 Å². The molecular weight excluding hydrogens is 244 g/mol. The Labute approximate surface area is 122 Å².